The average molecular weight is 283 g/mol. The molecule has 0 aromatic heterocycles. The maximum Gasteiger partial charge on any atom is 0.353 e. The van der Waals surface area contributed by atoms with Crippen LogP contribution in [-0.4, -0.2) is 35.1 Å². The summed E-state index contributed by atoms with van der Waals surface area (Å²) >= 11 is 0. The minimum Gasteiger partial charge on any atom is -0.478 e. The second-order valence-corrected chi connectivity index (χ2v) is 4.56. The number of carboxylic acid groups (broad SMARTS) is 2. The van der Waals surface area contributed by atoms with Gasteiger partial charge in [-0.25, -0.2) is 9.59 Å². The highest BCUT2D eigenvalue weighted by molar-refractivity contribution is 8.09. The van der Waals surface area contributed by atoms with Crippen molar-refractivity contribution in [2.24, 2.45) is 0 Å². The van der Waals surface area contributed by atoms with Crippen LogP contribution in [0.5, 0.6) is 0 Å². The highest BCUT2D eigenvalue weighted by Crippen LogP contribution is 2.07. The maximum absolute atomic E-state index is 10.5. The summed E-state index contributed by atoms with van der Waals surface area (Å²) < 4.78 is 25.2. The van der Waals surface area contributed by atoms with Crippen LogP contribution in [0, 0.1) is 0 Å². The van der Waals surface area contributed by atoms with Gasteiger partial charge in [0.05, 0.1) is 11.1 Å². The Morgan fingerprint density at radius 1 is 1.00 bits per heavy atom. The lowest BCUT2D eigenvalue weighted by molar-refractivity contribution is 0.0651. The molecule has 0 spiro atoms. The molecule has 0 aliphatic carbocycles. The molecule has 9 heteroatoms. The quantitative estimate of drug-likeness (QED) is 0.547. The van der Waals surface area contributed by atoms with Gasteiger partial charge in [-0.1, -0.05) is 12.1 Å². The van der Waals surface area contributed by atoms with Crippen molar-refractivity contribution in [3.63, 3.8) is 0 Å². The van der Waals surface area contributed by atoms with E-state index >= 15 is 0 Å². The molecule has 0 bridgehead atoms. The van der Waals surface area contributed by atoms with Crippen LogP contribution in [0.15, 0.2) is 24.3 Å². The predicted molar refractivity (Wildman–Crippen MR) is 57.8 cm³/mol. The van der Waals surface area contributed by atoms with Crippen molar-refractivity contribution in [3.8, 4) is 0 Å². The molecule has 0 radical (unpaired) electrons. The lowest BCUT2D eigenvalue weighted by atomic mass is 10.1. The summed E-state index contributed by atoms with van der Waals surface area (Å²) in [6, 6.07) is 5.48. The van der Waals surface area contributed by atoms with E-state index in [1.165, 1.54) is 24.3 Å². The van der Waals surface area contributed by atoms with Gasteiger partial charge in [0.25, 0.3) is 0 Å². The largest absolute Gasteiger partial charge is 0.478 e. The zero-order valence-electron chi connectivity index (χ0n) is 8.07. The van der Waals surface area contributed by atoms with Gasteiger partial charge in [-0.05, 0) is 12.1 Å². The second-order valence-electron chi connectivity index (χ2n) is 2.57. The number of carbonyl (C=O) groups is 2. The number of aromatic carboxylic acids is 2. The molecule has 0 saturated heterocycles. The SMILES string of the molecule is O=C(O)c1ccccc1C(=O)O.O=S(=O)(O)Cl. The van der Waals surface area contributed by atoms with Crippen LogP contribution in [0.1, 0.15) is 20.7 Å². The van der Waals surface area contributed by atoms with Gasteiger partial charge in [-0.2, -0.15) is 8.42 Å². The number of halogens is 1. The van der Waals surface area contributed by atoms with E-state index < -0.39 is 21.3 Å². The van der Waals surface area contributed by atoms with Crippen molar-refractivity contribution in [3.05, 3.63) is 35.4 Å². The van der Waals surface area contributed by atoms with Crippen molar-refractivity contribution in [1.29, 1.82) is 0 Å². The van der Waals surface area contributed by atoms with Crippen molar-refractivity contribution >= 4 is 32.0 Å². The highest BCUT2D eigenvalue weighted by Gasteiger charge is 2.13. The number of hydrogen-bond donors (Lipinski definition) is 3. The highest BCUT2D eigenvalue weighted by atomic mass is 35.7. The molecular formula is C8H7ClO7S. The molecule has 17 heavy (non-hydrogen) atoms. The van der Waals surface area contributed by atoms with Crippen LogP contribution in [0.2, 0.25) is 0 Å². The smallest absolute Gasteiger partial charge is 0.353 e. The monoisotopic (exact) mass is 282 g/mol. The first-order valence-corrected chi connectivity index (χ1v) is 6.12. The summed E-state index contributed by atoms with van der Waals surface area (Å²) in [5.41, 5.74) is -0.380. The Balaban J connectivity index is 0.000000437. The van der Waals surface area contributed by atoms with Gasteiger partial charge in [0.1, 0.15) is 0 Å². The third-order valence-corrected chi connectivity index (χ3v) is 1.39. The third kappa shape index (κ3) is 7.28. The van der Waals surface area contributed by atoms with Crippen LogP contribution in [0.3, 0.4) is 0 Å². The van der Waals surface area contributed by atoms with E-state index in [1.54, 1.807) is 0 Å². The fourth-order valence-electron chi connectivity index (χ4n) is 0.856. The van der Waals surface area contributed by atoms with Crippen LogP contribution < -0.4 is 0 Å². The second kappa shape index (κ2) is 6.18. The number of hydrogen-bond acceptors (Lipinski definition) is 4. The molecule has 0 heterocycles. The van der Waals surface area contributed by atoms with E-state index in [4.69, 9.17) is 23.2 Å². The van der Waals surface area contributed by atoms with Crippen molar-refractivity contribution in [1.82, 2.24) is 0 Å². The molecule has 3 N–H and O–H groups in total. The maximum atomic E-state index is 10.5. The standard InChI is InChI=1S/C8H6O4.ClHO3S/c9-7(10)5-3-1-2-4-6(5)8(11)12;1-5(2,3)4/h1-4H,(H,9,10)(H,11,12);(H,2,3,4). The Bertz CT molecular complexity index is 481. The molecule has 1 rings (SSSR count). The van der Waals surface area contributed by atoms with Gasteiger partial charge in [0.2, 0.25) is 0 Å². The fourth-order valence-corrected chi connectivity index (χ4v) is 0.856. The van der Waals surface area contributed by atoms with Crippen LogP contribution in [-0.2, 0) is 9.33 Å². The Labute approximate surface area is 101 Å². The molecular weight excluding hydrogens is 276 g/mol. The zero-order valence-corrected chi connectivity index (χ0v) is 9.64. The zero-order chi connectivity index (χ0) is 13.6. The summed E-state index contributed by atoms with van der Waals surface area (Å²) in [5.74, 6) is -2.46. The Morgan fingerprint density at radius 3 is 1.41 bits per heavy atom. The summed E-state index contributed by atoms with van der Waals surface area (Å²) in [5, 5.41) is 17.1. The predicted octanol–water partition coefficient (Wildman–Crippen LogP) is 1.11. The Hall–Kier alpha value is -1.64. The minimum atomic E-state index is -4.19. The average Bonchev–Trinajstić information content (AvgIpc) is 2.15. The lowest BCUT2D eigenvalue weighted by Gasteiger charge is -1.98. The summed E-state index contributed by atoms with van der Waals surface area (Å²) in [7, 11) is -0.137. The van der Waals surface area contributed by atoms with Gasteiger partial charge in [0.15, 0.2) is 0 Å². The van der Waals surface area contributed by atoms with Crippen molar-refractivity contribution < 1.29 is 32.8 Å². The molecule has 0 amide bonds. The van der Waals surface area contributed by atoms with Crippen molar-refractivity contribution in [2.45, 2.75) is 0 Å². The molecule has 0 aliphatic rings. The molecule has 0 fully saturated rings. The van der Waals surface area contributed by atoms with Crippen LogP contribution >= 0.6 is 10.7 Å². The molecule has 7 nitrogen and oxygen atoms in total. The number of carboxylic acids is 2. The summed E-state index contributed by atoms with van der Waals surface area (Å²) in [6.07, 6.45) is 0. The van der Waals surface area contributed by atoms with E-state index in [2.05, 4.69) is 10.7 Å². The Kier molecular flexibility index (Phi) is 5.59. The van der Waals surface area contributed by atoms with Crippen LogP contribution in [0.4, 0.5) is 0 Å². The number of benzene rings is 1. The first-order valence-electron chi connectivity index (χ1n) is 3.85. The topological polar surface area (TPSA) is 129 Å². The summed E-state index contributed by atoms with van der Waals surface area (Å²) in [4.78, 5) is 20.9. The molecule has 0 aliphatic heterocycles. The van der Waals surface area contributed by atoms with Gasteiger partial charge in [-0.3, -0.25) is 4.55 Å². The molecule has 94 valence electrons. The third-order valence-electron chi connectivity index (χ3n) is 1.39. The molecule has 0 atom stereocenters. The van der Waals surface area contributed by atoms with E-state index in [-0.39, 0.29) is 11.1 Å². The van der Waals surface area contributed by atoms with Crippen LogP contribution in [0.25, 0.3) is 0 Å². The van der Waals surface area contributed by atoms with E-state index in [1.807, 2.05) is 0 Å². The molecule has 1 aromatic carbocycles. The fraction of sp³-hybridized carbons (Fsp3) is 0. The summed E-state index contributed by atoms with van der Waals surface area (Å²) in [6.45, 7) is 0. The first-order chi connectivity index (χ1) is 7.63. The minimum absolute atomic E-state index is 0.190. The molecule has 0 unspecified atom stereocenters. The molecule has 0 saturated carbocycles. The van der Waals surface area contributed by atoms with E-state index in [9.17, 15) is 9.59 Å². The first kappa shape index (κ1) is 15.4. The van der Waals surface area contributed by atoms with Gasteiger partial charge in [-0.15, -0.1) is 0 Å². The van der Waals surface area contributed by atoms with Gasteiger partial charge < -0.3 is 10.2 Å². The lowest BCUT2D eigenvalue weighted by Crippen LogP contribution is -2.06. The van der Waals surface area contributed by atoms with Gasteiger partial charge >= 0.3 is 21.3 Å². The van der Waals surface area contributed by atoms with Crippen molar-refractivity contribution in [2.75, 3.05) is 0 Å². The number of rotatable bonds is 2. The Morgan fingerprint density at radius 2 is 1.24 bits per heavy atom. The van der Waals surface area contributed by atoms with E-state index in [0.29, 0.717) is 0 Å². The van der Waals surface area contributed by atoms with E-state index in [0.717, 1.165) is 0 Å². The van der Waals surface area contributed by atoms with Gasteiger partial charge in [0, 0.05) is 10.7 Å². The normalized spacial score (nSPS) is 10.0. The molecule has 1 aromatic rings.